The molecule has 5 nitrogen and oxygen atoms in total. The van der Waals surface area contributed by atoms with Crippen molar-refractivity contribution in [1.29, 1.82) is 0 Å². The third-order valence-corrected chi connectivity index (χ3v) is 4.60. The molecule has 0 aromatic heterocycles. The Kier molecular flexibility index (Phi) is 2.94. The van der Waals surface area contributed by atoms with Gasteiger partial charge < -0.3 is 18.9 Å². The summed E-state index contributed by atoms with van der Waals surface area (Å²) in [5.74, 6) is -2.54. The molecule has 0 N–H and O–H groups in total. The van der Waals surface area contributed by atoms with Gasteiger partial charge in [-0.1, -0.05) is 6.08 Å². The van der Waals surface area contributed by atoms with Crippen molar-refractivity contribution in [2.45, 2.75) is 25.4 Å². The van der Waals surface area contributed by atoms with Gasteiger partial charge >= 0.3 is 0 Å². The lowest BCUT2D eigenvalue weighted by atomic mass is 9.52. The van der Waals surface area contributed by atoms with Gasteiger partial charge in [0.1, 0.15) is 5.41 Å². The summed E-state index contributed by atoms with van der Waals surface area (Å²) in [7, 11) is 6.06. The van der Waals surface area contributed by atoms with Crippen molar-refractivity contribution in [3.8, 4) is 0 Å². The summed E-state index contributed by atoms with van der Waals surface area (Å²) >= 11 is 0. The van der Waals surface area contributed by atoms with Gasteiger partial charge in [-0.3, -0.25) is 4.79 Å². The smallest absolute Gasteiger partial charge is 0.237 e. The van der Waals surface area contributed by atoms with Crippen LogP contribution < -0.4 is 0 Å². The molecule has 0 bridgehead atoms. The first-order valence-electron chi connectivity index (χ1n) is 5.85. The van der Waals surface area contributed by atoms with Crippen LogP contribution in [0.25, 0.3) is 0 Å². The predicted molar refractivity (Wildman–Crippen MR) is 63.9 cm³/mol. The molecular weight excluding hydrogens is 236 g/mol. The summed E-state index contributed by atoms with van der Waals surface area (Å²) in [5.41, 5.74) is -0.121. The maximum atomic E-state index is 12.4. The van der Waals surface area contributed by atoms with E-state index in [1.165, 1.54) is 28.4 Å². The lowest BCUT2D eigenvalue weighted by Gasteiger charge is -2.66. The summed E-state index contributed by atoms with van der Waals surface area (Å²) in [6.45, 7) is 3.62. The highest BCUT2D eigenvalue weighted by atomic mass is 16.8. The van der Waals surface area contributed by atoms with E-state index in [0.717, 1.165) is 0 Å². The third kappa shape index (κ3) is 1.01. The van der Waals surface area contributed by atoms with Crippen molar-refractivity contribution < 1.29 is 23.7 Å². The number of ketones is 1. The highest BCUT2D eigenvalue weighted by Crippen LogP contribution is 2.68. The monoisotopic (exact) mass is 256 g/mol. The molecule has 2 aliphatic carbocycles. The van der Waals surface area contributed by atoms with E-state index < -0.39 is 17.0 Å². The first-order valence-corrected chi connectivity index (χ1v) is 5.85. The molecule has 0 amide bonds. The van der Waals surface area contributed by atoms with E-state index in [9.17, 15) is 4.79 Å². The van der Waals surface area contributed by atoms with E-state index in [1.807, 2.05) is 13.0 Å². The molecule has 2 atom stereocenters. The van der Waals surface area contributed by atoms with Crippen LogP contribution in [0.15, 0.2) is 11.6 Å². The van der Waals surface area contributed by atoms with Crippen molar-refractivity contribution in [2.24, 2.45) is 11.3 Å². The molecule has 0 spiro atoms. The van der Waals surface area contributed by atoms with E-state index in [4.69, 9.17) is 18.9 Å². The summed E-state index contributed by atoms with van der Waals surface area (Å²) < 4.78 is 22.1. The van der Waals surface area contributed by atoms with Crippen LogP contribution in [0.4, 0.5) is 0 Å². The largest absolute Gasteiger partial charge is 0.348 e. The predicted octanol–water partition coefficient (Wildman–Crippen LogP) is 1.13. The Labute approximate surface area is 107 Å². The molecule has 0 aliphatic heterocycles. The molecule has 2 aliphatic rings. The number of ether oxygens (including phenoxy) is 4. The lowest BCUT2D eigenvalue weighted by molar-refractivity contribution is -0.495. The second-order valence-corrected chi connectivity index (χ2v) is 4.96. The van der Waals surface area contributed by atoms with Gasteiger partial charge in [-0.25, -0.2) is 0 Å². The van der Waals surface area contributed by atoms with Crippen molar-refractivity contribution in [3.05, 3.63) is 11.6 Å². The van der Waals surface area contributed by atoms with Gasteiger partial charge in [0.25, 0.3) is 0 Å². The Morgan fingerprint density at radius 2 is 1.56 bits per heavy atom. The second kappa shape index (κ2) is 3.87. The molecule has 0 aromatic carbocycles. The van der Waals surface area contributed by atoms with Crippen molar-refractivity contribution >= 4 is 5.78 Å². The molecule has 0 radical (unpaired) electrons. The maximum Gasteiger partial charge on any atom is 0.237 e. The Hall–Kier alpha value is -0.750. The number of fused-ring (bicyclic) bond motifs is 1. The lowest BCUT2D eigenvalue weighted by Crippen LogP contribution is -2.83. The molecule has 0 heterocycles. The number of carbonyl (C=O) groups excluding carboxylic acids is 1. The highest BCUT2D eigenvalue weighted by Gasteiger charge is 2.86. The van der Waals surface area contributed by atoms with E-state index in [0.29, 0.717) is 5.57 Å². The molecule has 1 saturated carbocycles. The van der Waals surface area contributed by atoms with Crippen LogP contribution in [0.3, 0.4) is 0 Å². The first-order chi connectivity index (χ1) is 8.41. The Balaban J connectivity index is 2.61. The molecule has 2 rings (SSSR count). The fourth-order valence-electron chi connectivity index (χ4n) is 3.77. The minimum Gasteiger partial charge on any atom is -0.348 e. The maximum absolute atomic E-state index is 12.4. The standard InChI is InChI=1S/C13H20O5/c1-8-7-9-11(2,10(8)14)13(17-5,18-6)12(9,15-3)16-4/h7,9H,1-6H3. The molecule has 0 aromatic rings. The van der Waals surface area contributed by atoms with Crippen LogP contribution in [0, 0.1) is 11.3 Å². The van der Waals surface area contributed by atoms with E-state index in [2.05, 4.69) is 0 Å². The Morgan fingerprint density at radius 3 is 1.94 bits per heavy atom. The zero-order valence-corrected chi connectivity index (χ0v) is 11.7. The van der Waals surface area contributed by atoms with Crippen LogP contribution in [-0.2, 0) is 23.7 Å². The molecule has 5 heteroatoms. The SMILES string of the molecule is COC1(OC)C2C=C(C)C(=O)C2(C)C1(OC)OC. The summed E-state index contributed by atoms with van der Waals surface area (Å²) in [4.78, 5) is 12.4. The molecule has 18 heavy (non-hydrogen) atoms. The van der Waals surface area contributed by atoms with Crippen LogP contribution in [0.1, 0.15) is 13.8 Å². The van der Waals surface area contributed by atoms with Crippen LogP contribution in [-0.4, -0.2) is 45.8 Å². The highest BCUT2D eigenvalue weighted by molar-refractivity contribution is 6.04. The van der Waals surface area contributed by atoms with Crippen molar-refractivity contribution in [3.63, 3.8) is 0 Å². The number of methoxy groups -OCH3 is 4. The Bertz CT molecular complexity index is 406. The van der Waals surface area contributed by atoms with E-state index in [-0.39, 0.29) is 11.7 Å². The number of Topliss-reactive ketones (excluding diaryl/α,β-unsaturated/α-hetero) is 1. The average molecular weight is 256 g/mol. The van der Waals surface area contributed by atoms with Gasteiger partial charge in [-0.05, 0) is 19.4 Å². The van der Waals surface area contributed by atoms with Gasteiger partial charge in [-0.15, -0.1) is 0 Å². The van der Waals surface area contributed by atoms with Gasteiger partial charge in [0.15, 0.2) is 5.78 Å². The number of hydrogen-bond acceptors (Lipinski definition) is 5. The fourth-order valence-corrected chi connectivity index (χ4v) is 3.77. The fraction of sp³-hybridized carbons (Fsp3) is 0.769. The summed E-state index contributed by atoms with van der Waals surface area (Å²) in [5, 5.41) is 0. The zero-order valence-electron chi connectivity index (χ0n) is 11.7. The van der Waals surface area contributed by atoms with Gasteiger partial charge in [0.2, 0.25) is 11.6 Å². The minimum absolute atomic E-state index is 0.0147. The van der Waals surface area contributed by atoms with Crippen molar-refractivity contribution in [1.82, 2.24) is 0 Å². The number of hydrogen-bond donors (Lipinski definition) is 0. The van der Waals surface area contributed by atoms with Crippen LogP contribution in [0.5, 0.6) is 0 Å². The zero-order chi connectivity index (χ0) is 13.8. The molecule has 2 unspecified atom stereocenters. The van der Waals surface area contributed by atoms with Crippen LogP contribution in [0.2, 0.25) is 0 Å². The van der Waals surface area contributed by atoms with Crippen LogP contribution >= 0.6 is 0 Å². The second-order valence-electron chi connectivity index (χ2n) is 4.96. The number of rotatable bonds is 4. The normalized spacial score (nSPS) is 36.0. The van der Waals surface area contributed by atoms with Gasteiger partial charge in [-0.2, -0.15) is 0 Å². The third-order valence-electron chi connectivity index (χ3n) is 4.60. The molecule has 102 valence electrons. The Morgan fingerprint density at radius 1 is 1.06 bits per heavy atom. The summed E-state index contributed by atoms with van der Waals surface area (Å²) in [6.07, 6.45) is 1.88. The summed E-state index contributed by atoms with van der Waals surface area (Å²) in [6, 6.07) is 0. The number of carbonyl (C=O) groups is 1. The van der Waals surface area contributed by atoms with Crippen molar-refractivity contribution in [2.75, 3.05) is 28.4 Å². The first kappa shape index (κ1) is 13.7. The molecule has 0 saturated heterocycles. The topological polar surface area (TPSA) is 54.0 Å². The molecule has 1 fully saturated rings. The van der Waals surface area contributed by atoms with Gasteiger partial charge in [0.05, 0.1) is 5.92 Å². The quantitative estimate of drug-likeness (QED) is 0.706. The van der Waals surface area contributed by atoms with E-state index >= 15 is 0 Å². The van der Waals surface area contributed by atoms with E-state index in [1.54, 1.807) is 6.92 Å². The minimum atomic E-state index is -1.24. The number of allylic oxidation sites excluding steroid dienone is 1. The van der Waals surface area contributed by atoms with Gasteiger partial charge in [0, 0.05) is 28.4 Å². The molecular formula is C13H20O5. The average Bonchev–Trinajstić information content (AvgIpc) is 2.59.